The summed E-state index contributed by atoms with van der Waals surface area (Å²) in [6.45, 7) is 3.32. The number of nitrogens with zero attached hydrogens (tertiary/aromatic N) is 1. The third-order valence-corrected chi connectivity index (χ3v) is 4.95. The first-order chi connectivity index (χ1) is 10.6. The molecule has 2 fully saturated rings. The van der Waals surface area contributed by atoms with Crippen LogP contribution in [0.4, 0.5) is 0 Å². The minimum Gasteiger partial charge on any atom is -0.370 e. The molecule has 3 rings (SSSR count). The molecule has 2 aliphatic rings. The Bertz CT molecular complexity index is 505. The molecule has 4 atom stereocenters. The van der Waals surface area contributed by atoms with Crippen molar-refractivity contribution >= 4 is 5.91 Å². The molecule has 4 heteroatoms. The molecule has 22 heavy (non-hydrogen) atoms. The smallest absolute Gasteiger partial charge is 0.226 e. The second-order valence-electron chi connectivity index (χ2n) is 6.70. The molecule has 2 N–H and O–H groups in total. The van der Waals surface area contributed by atoms with Crippen LogP contribution in [-0.2, 0) is 9.53 Å². The Kier molecular flexibility index (Phi) is 4.79. The van der Waals surface area contributed by atoms with E-state index in [1.165, 1.54) is 0 Å². The number of amides is 1. The molecule has 1 saturated carbocycles. The summed E-state index contributed by atoms with van der Waals surface area (Å²) in [4.78, 5) is 14.9. The van der Waals surface area contributed by atoms with E-state index in [0.29, 0.717) is 13.2 Å². The molecule has 1 aliphatic heterocycles. The highest BCUT2D eigenvalue weighted by Gasteiger charge is 2.35. The quantitative estimate of drug-likeness (QED) is 0.913. The topological polar surface area (TPSA) is 55.6 Å². The number of ether oxygens (including phenoxy) is 1. The van der Waals surface area contributed by atoms with Crippen molar-refractivity contribution in [1.82, 2.24) is 4.90 Å². The van der Waals surface area contributed by atoms with Crippen molar-refractivity contribution in [1.29, 1.82) is 0 Å². The molecule has 4 unspecified atom stereocenters. The molecule has 1 heterocycles. The van der Waals surface area contributed by atoms with Gasteiger partial charge in [0, 0.05) is 12.0 Å². The van der Waals surface area contributed by atoms with Gasteiger partial charge in [0.1, 0.15) is 6.10 Å². The fraction of sp³-hybridized carbons (Fsp3) is 0.611. The number of carbonyl (C=O) groups excluding carboxylic acids is 1. The van der Waals surface area contributed by atoms with Crippen LogP contribution in [0.15, 0.2) is 30.3 Å². The fourth-order valence-corrected chi connectivity index (χ4v) is 3.62. The summed E-state index contributed by atoms with van der Waals surface area (Å²) >= 11 is 0. The van der Waals surface area contributed by atoms with Crippen molar-refractivity contribution in [3.8, 4) is 0 Å². The molecule has 0 bridgehead atoms. The van der Waals surface area contributed by atoms with Crippen molar-refractivity contribution in [3.05, 3.63) is 35.9 Å². The first kappa shape index (κ1) is 15.5. The average molecular weight is 302 g/mol. The van der Waals surface area contributed by atoms with Crippen molar-refractivity contribution in [2.75, 3.05) is 13.2 Å². The Morgan fingerprint density at radius 1 is 1.27 bits per heavy atom. The van der Waals surface area contributed by atoms with E-state index in [2.05, 4.69) is 19.1 Å². The van der Waals surface area contributed by atoms with Gasteiger partial charge in [-0.05, 0) is 31.7 Å². The lowest BCUT2D eigenvalue weighted by atomic mass is 9.85. The van der Waals surface area contributed by atoms with Gasteiger partial charge >= 0.3 is 0 Å². The van der Waals surface area contributed by atoms with Crippen molar-refractivity contribution in [2.24, 2.45) is 11.7 Å². The zero-order valence-electron chi connectivity index (χ0n) is 13.3. The van der Waals surface area contributed by atoms with Crippen LogP contribution in [0.25, 0.3) is 0 Å². The van der Waals surface area contributed by atoms with E-state index in [-0.39, 0.29) is 30.0 Å². The zero-order valence-corrected chi connectivity index (χ0v) is 13.3. The minimum atomic E-state index is -0.0152. The Labute approximate surface area is 132 Å². The van der Waals surface area contributed by atoms with Crippen LogP contribution in [0.5, 0.6) is 0 Å². The van der Waals surface area contributed by atoms with Crippen LogP contribution >= 0.6 is 0 Å². The maximum absolute atomic E-state index is 12.9. The van der Waals surface area contributed by atoms with Crippen molar-refractivity contribution < 1.29 is 9.53 Å². The molecule has 120 valence electrons. The molecule has 0 spiro atoms. The van der Waals surface area contributed by atoms with Gasteiger partial charge in [-0.15, -0.1) is 0 Å². The zero-order chi connectivity index (χ0) is 15.5. The van der Waals surface area contributed by atoms with Gasteiger partial charge in [-0.3, -0.25) is 4.79 Å². The molecule has 1 amide bonds. The van der Waals surface area contributed by atoms with Gasteiger partial charge in [0.05, 0.1) is 19.2 Å². The summed E-state index contributed by atoms with van der Waals surface area (Å²) in [6, 6.07) is 10.5. The summed E-state index contributed by atoms with van der Waals surface area (Å²) in [6.07, 6.45) is 3.91. The number of rotatable bonds is 2. The summed E-state index contributed by atoms with van der Waals surface area (Å²) in [7, 11) is 0. The highest BCUT2D eigenvalue weighted by atomic mass is 16.5. The normalized spacial score (nSPS) is 32.7. The molecular weight excluding hydrogens is 276 g/mol. The molecular formula is C18H26N2O2. The van der Waals surface area contributed by atoms with E-state index < -0.39 is 0 Å². The molecule has 4 nitrogen and oxygen atoms in total. The Morgan fingerprint density at radius 3 is 2.77 bits per heavy atom. The van der Waals surface area contributed by atoms with E-state index in [1.807, 2.05) is 23.1 Å². The summed E-state index contributed by atoms with van der Waals surface area (Å²) in [5.74, 6) is 0.368. The standard InChI is InChI=1S/C18H26N2O2/c1-13-12-22-17(14-6-3-2-4-7-14)11-20(13)18(21)15-8-5-9-16(19)10-15/h2-4,6-7,13,15-17H,5,8-12,19H2,1H3. The molecule has 1 aliphatic carbocycles. The number of nitrogens with two attached hydrogens (primary N) is 1. The van der Waals surface area contributed by atoms with Crippen LogP contribution < -0.4 is 5.73 Å². The number of benzene rings is 1. The third kappa shape index (κ3) is 3.33. The van der Waals surface area contributed by atoms with E-state index in [4.69, 9.17) is 10.5 Å². The average Bonchev–Trinajstić information content (AvgIpc) is 2.55. The van der Waals surface area contributed by atoms with E-state index in [1.54, 1.807) is 0 Å². The highest BCUT2D eigenvalue weighted by molar-refractivity contribution is 5.79. The SMILES string of the molecule is CC1COC(c2ccccc2)CN1C(=O)C1CCCC(N)C1. The van der Waals surface area contributed by atoms with E-state index >= 15 is 0 Å². The van der Waals surface area contributed by atoms with Crippen LogP contribution in [0.1, 0.15) is 44.3 Å². The number of morpholine rings is 1. The lowest BCUT2D eigenvalue weighted by molar-refractivity contribution is -0.150. The van der Waals surface area contributed by atoms with Crippen molar-refractivity contribution in [3.63, 3.8) is 0 Å². The fourth-order valence-electron chi connectivity index (χ4n) is 3.62. The Hall–Kier alpha value is -1.39. The van der Waals surface area contributed by atoms with Gasteiger partial charge in [-0.2, -0.15) is 0 Å². The van der Waals surface area contributed by atoms with Gasteiger partial charge in [-0.1, -0.05) is 36.8 Å². The van der Waals surface area contributed by atoms with Gasteiger partial charge < -0.3 is 15.4 Å². The predicted molar refractivity (Wildman–Crippen MR) is 86.2 cm³/mol. The number of hydrogen-bond acceptors (Lipinski definition) is 3. The van der Waals surface area contributed by atoms with Gasteiger partial charge in [0.15, 0.2) is 0 Å². The molecule has 0 aromatic heterocycles. The van der Waals surface area contributed by atoms with Crippen molar-refractivity contribution in [2.45, 2.75) is 50.8 Å². The highest BCUT2D eigenvalue weighted by Crippen LogP contribution is 2.30. The third-order valence-electron chi connectivity index (χ3n) is 4.95. The molecule has 0 radical (unpaired) electrons. The van der Waals surface area contributed by atoms with Crippen LogP contribution in [-0.4, -0.2) is 36.0 Å². The molecule has 1 aromatic rings. The summed E-state index contributed by atoms with van der Waals surface area (Å²) in [5, 5.41) is 0. The Balaban J connectivity index is 1.70. The Morgan fingerprint density at radius 2 is 2.05 bits per heavy atom. The van der Waals surface area contributed by atoms with E-state index in [9.17, 15) is 4.79 Å². The minimum absolute atomic E-state index is 0.0152. The second-order valence-corrected chi connectivity index (χ2v) is 6.70. The lowest BCUT2D eigenvalue weighted by Crippen LogP contribution is -2.51. The summed E-state index contributed by atoms with van der Waals surface area (Å²) < 4.78 is 5.95. The van der Waals surface area contributed by atoms with Crippen LogP contribution in [0.2, 0.25) is 0 Å². The first-order valence-corrected chi connectivity index (χ1v) is 8.37. The first-order valence-electron chi connectivity index (χ1n) is 8.37. The van der Waals surface area contributed by atoms with Crippen LogP contribution in [0.3, 0.4) is 0 Å². The maximum atomic E-state index is 12.9. The van der Waals surface area contributed by atoms with Gasteiger partial charge in [-0.25, -0.2) is 0 Å². The summed E-state index contributed by atoms with van der Waals surface area (Å²) in [5.41, 5.74) is 7.20. The molecule has 1 saturated heterocycles. The largest absolute Gasteiger partial charge is 0.370 e. The second kappa shape index (κ2) is 6.80. The monoisotopic (exact) mass is 302 g/mol. The van der Waals surface area contributed by atoms with Crippen LogP contribution in [0, 0.1) is 5.92 Å². The van der Waals surface area contributed by atoms with Gasteiger partial charge in [0.25, 0.3) is 0 Å². The number of carbonyl (C=O) groups is 1. The lowest BCUT2D eigenvalue weighted by Gasteiger charge is -2.41. The predicted octanol–water partition coefficient (Wildman–Crippen LogP) is 2.49. The molecule has 1 aromatic carbocycles. The number of hydrogen-bond donors (Lipinski definition) is 1. The van der Waals surface area contributed by atoms with E-state index in [0.717, 1.165) is 31.2 Å². The van der Waals surface area contributed by atoms with Gasteiger partial charge in [0.2, 0.25) is 5.91 Å². The maximum Gasteiger partial charge on any atom is 0.226 e.